The molecule has 178 valence electrons. The number of aliphatic hydroxyl groups excluding tert-OH is 1. The predicted octanol–water partition coefficient (Wildman–Crippen LogP) is 5.17. The van der Waals surface area contributed by atoms with E-state index in [-0.39, 0.29) is 5.91 Å². The zero-order valence-electron chi connectivity index (χ0n) is 19.2. The zero-order valence-corrected chi connectivity index (χ0v) is 20.0. The number of unbranched alkanes of at least 4 members (excludes halogenated alkanes) is 12. The van der Waals surface area contributed by atoms with Crippen molar-refractivity contribution in [3.05, 3.63) is 12.2 Å². The summed E-state index contributed by atoms with van der Waals surface area (Å²) in [6.07, 6.45) is 18.1. The van der Waals surface area contributed by atoms with Crippen molar-refractivity contribution in [3.8, 4) is 0 Å². The average molecular weight is 448 g/mol. The molecule has 7 heteroatoms. The average Bonchev–Trinajstić information content (AvgIpc) is 2.67. The maximum atomic E-state index is 12.2. The van der Waals surface area contributed by atoms with Gasteiger partial charge in [0.1, 0.15) is 0 Å². The largest absolute Gasteiger partial charge is 0.387 e. The molecule has 2 unspecified atom stereocenters. The van der Waals surface area contributed by atoms with Crippen molar-refractivity contribution in [1.82, 2.24) is 5.32 Å². The van der Waals surface area contributed by atoms with Crippen molar-refractivity contribution in [1.29, 1.82) is 0 Å². The summed E-state index contributed by atoms with van der Waals surface area (Å²) in [5, 5.41) is 12.8. The number of carbonyl (C=O) groups is 1. The first kappa shape index (κ1) is 29.1. The third-order valence-corrected chi connectivity index (χ3v) is 5.99. The topological polar surface area (TPSA) is 104 Å². The van der Waals surface area contributed by atoms with Gasteiger partial charge in [-0.25, -0.2) is 0 Å². The molecule has 0 aliphatic rings. The number of hydrogen-bond acceptors (Lipinski definition) is 4. The van der Waals surface area contributed by atoms with Crippen LogP contribution >= 0.6 is 0 Å². The van der Waals surface area contributed by atoms with Crippen molar-refractivity contribution < 1.29 is 22.9 Å². The van der Waals surface area contributed by atoms with Crippen molar-refractivity contribution in [2.24, 2.45) is 0 Å². The summed E-state index contributed by atoms with van der Waals surface area (Å²) < 4.78 is 31.7. The highest BCUT2D eigenvalue weighted by Gasteiger charge is 2.24. The van der Waals surface area contributed by atoms with E-state index < -0.39 is 28.0 Å². The highest BCUT2D eigenvalue weighted by atomic mass is 32.2. The van der Waals surface area contributed by atoms with Crippen molar-refractivity contribution in [2.45, 2.75) is 122 Å². The minimum Gasteiger partial charge on any atom is -0.387 e. The second-order valence-electron chi connectivity index (χ2n) is 8.27. The van der Waals surface area contributed by atoms with Crippen molar-refractivity contribution in [2.75, 3.05) is 5.75 Å². The first-order valence-electron chi connectivity index (χ1n) is 11.9. The summed E-state index contributed by atoms with van der Waals surface area (Å²) in [7, 11) is -4.31. The highest BCUT2D eigenvalue weighted by molar-refractivity contribution is 7.85. The summed E-state index contributed by atoms with van der Waals surface area (Å²) in [5.74, 6) is -0.987. The first-order valence-corrected chi connectivity index (χ1v) is 13.5. The van der Waals surface area contributed by atoms with Gasteiger partial charge in [0.05, 0.1) is 17.9 Å². The number of hydrogen-bond donors (Lipinski definition) is 3. The fourth-order valence-electron chi connectivity index (χ4n) is 3.39. The van der Waals surface area contributed by atoms with Gasteiger partial charge in [-0.15, -0.1) is 0 Å². The maximum Gasteiger partial charge on any atom is 0.267 e. The summed E-state index contributed by atoms with van der Waals surface area (Å²) in [4.78, 5) is 12.2. The minimum atomic E-state index is -4.31. The van der Waals surface area contributed by atoms with E-state index in [2.05, 4.69) is 19.2 Å². The third kappa shape index (κ3) is 19.1. The van der Waals surface area contributed by atoms with Gasteiger partial charge in [0.15, 0.2) is 0 Å². The second-order valence-corrected chi connectivity index (χ2v) is 9.77. The van der Waals surface area contributed by atoms with Crippen molar-refractivity contribution >= 4 is 16.0 Å². The molecule has 0 bridgehead atoms. The Morgan fingerprint density at radius 3 is 1.90 bits per heavy atom. The number of nitrogens with one attached hydrogen (secondary N) is 1. The van der Waals surface area contributed by atoms with Crippen LogP contribution in [-0.4, -0.2) is 41.9 Å². The van der Waals surface area contributed by atoms with Crippen LogP contribution in [0.2, 0.25) is 0 Å². The van der Waals surface area contributed by atoms with Crippen LogP contribution < -0.4 is 5.32 Å². The fourth-order valence-corrected chi connectivity index (χ4v) is 4.12. The van der Waals surface area contributed by atoms with Crippen LogP contribution in [0.1, 0.15) is 110 Å². The Morgan fingerprint density at radius 2 is 1.37 bits per heavy atom. The number of carbonyl (C=O) groups excluding carboxylic acids is 1. The van der Waals surface area contributed by atoms with Gasteiger partial charge in [-0.05, 0) is 19.3 Å². The number of rotatable bonds is 20. The van der Waals surface area contributed by atoms with Crippen LogP contribution in [0.25, 0.3) is 0 Å². The van der Waals surface area contributed by atoms with Crippen LogP contribution in [0.4, 0.5) is 0 Å². The molecule has 0 aromatic heterocycles. The van der Waals surface area contributed by atoms with Gasteiger partial charge >= 0.3 is 0 Å². The molecule has 0 radical (unpaired) electrons. The van der Waals surface area contributed by atoms with Gasteiger partial charge in [0.2, 0.25) is 5.91 Å². The predicted molar refractivity (Wildman–Crippen MR) is 124 cm³/mol. The lowest BCUT2D eigenvalue weighted by Crippen LogP contribution is -2.46. The van der Waals surface area contributed by atoms with E-state index in [9.17, 15) is 18.3 Å². The molecule has 30 heavy (non-hydrogen) atoms. The molecular formula is C23H45NO5S. The molecule has 3 N–H and O–H groups in total. The molecule has 0 saturated carbocycles. The zero-order chi connectivity index (χ0) is 22.7. The second kappa shape index (κ2) is 18.8. The van der Waals surface area contributed by atoms with Gasteiger partial charge in [-0.3, -0.25) is 9.35 Å². The standard InChI is InChI=1S/C23H45NO5S/c1-3-5-7-9-10-11-12-13-15-17-19-23(26)24-21(20-30(27,28)29)22(25)18-16-14-8-6-4-2/h16,18,21-22,25H,3-15,17,19-20H2,1-2H3,(H,24,26)(H,27,28,29)/b18-16+. The quantitative estimate of drug-likeness (QED) is 0.136. The molecule has 0 aliphatic heterocycles. The lowest BCUT2D eigenvalue weighted by molar-refractivity contribution is -0.122. The van der Waals surface area contributed by atoms with Crippen LogP contribution in [0.15, 0.2) is 12.2 Å². The fraction of sp³-hybridized carbons (Fsp3) is 0.870. The van der Waals surface area contributed by atoms with Crippen LogP contribution in [-0.2, 0) is 14.9 Å². The molecule has 2 atom stereocenters. The van der Waals surface area contributed by atoms with E-state index >= 15 is 0 Å². The number of allylic oxidation sites excluding steroid dienone is 1. The molecule has 0 fully saturated rings. The third-order valence-electron chi connectivity index (χ3n) is 5.21. The summed E-state index contributed by atoms with van der Waals surface area (Å²) in [6, 6.07) is -1.04. The molecule has 0 aromatic rings. The highest BCUT2D eigenvalue weighted by Crippen LogP contribution is 2.11. The molecule has 0 heterocycles. The van der Waals surface area contributed by atoms with E-state index in [0.29, 0.717) is 6.42 Å². The smallest absolute Gasteiger partial charge is 0.267 e. The maximum absolute atomic E-state index is 12.2. The number of amides is 1. The Hall–Kier alpha value is -0.920. The van der Waals surface area contributed by atoms with Crippen LogP contribution in [0, 0.1) is 0 Å². The minimum absolute atomic E-state index is 0.290. The Bertz CT molecular complexity index is 548. The summed E-state index contributed by atoms with van der Waals surface area (Å²) in [6.45, 7) is 4.32. The van der Waals surface area contributed by atoms with Gasteiger partial charge in [-0.2, -0.15) is 8.42 Å². The van der Waals surface area contributed by atoms with E-state index in [4.69, 9.17) is 4.55 Å². The van der Waals surface area contributed by atoms with Crippen LogP contribution in [0.3, 0.4) is 0 Å². The van der Waals surface area contributed by atoms with Gasteiger partial charge in [-0.1, -0.05) is 96.6 Å². The summed E-state index contributed by atoms with van der Waals surface area (Å²) >= 11 is 0. The molecule has 0 aliphatic carbocycles. The van der Waals surface area contributed by atoms with Crippen LogP contribution in [0.5, 0.6) is 0 Å². The first-order chi connectivity index (χ1) is 14.3. The van der Waals surface area contributed by atoms with Crippen molar-refractivity contribution in [3.63, 3.8) is 0 Å². The molecular weight excluding hydrogens is 402 g/mol. The number of aliphatic hydroxyl groups is 1. The van der Waals surface area contributed by atoms with Gasteiger partial charge < -0.3 is 10.4 Å². The molecule has 0 spiro atoms. The lowest BCUT2D eigenvalue weighted by atomic mass is 10.1. The Morgan fingerprint density at radius 1 is 0.867 bits per heavy atom. The molecule has 0 saturated heterocycles. The van der Waals surface area contributed by atoms with E-state index in [1.807, 2.05) is 0 Å². The van der Waals surface area contributed by atoms with Gasteiger partial charge in [0, 0.05) is 6.42 Å². The molecule has 0 rings (SSSR count). The van der Waals surface area contributed by atoms with E-state index in [1.165, 1.54) is 51.0 Å². The van der Waals surface area contributed by atoms with Gasteiger partial charge in [0.25, 0.3) is 10.1 Å². The Kier molecular flexibility index (Phi) is 18.2. The normalized spacial score (nSPS) is 14.1. The lowest BCUT2D eigenvalue weighted by Gasteiger charge is -2.21. The Balaban J connectivity index is 4.17. The molecule has 1 amide bonds. The Labute approximate surface area is 184 Å². The monoisotopic (exact) mass is 447 g/mol. The van der Waals surface area contributed by atoms with E-state index in [0.717, 1.165) is 44.9 Å². The summed E-state index contributed by atoms with van der Waals surface area (Å²) in [5.41, 5.74) is 0. The molecule has 6 nitrogen and oxygen atoms in total. The van der Waals surface area contributed by atoms with E-state index in [1.54, 1.807) is 6.08 Å². The molecule has 0 aromatic carbocycles. The SMILES string of the molecule is CCCCC/C=C/C(O)C(CS(=O)(=O)O)NC(=O)CCCCCCCCCCCC.